The maximum Gasteiger partial charge on any atom is 0.254 e. The van der Waals surface area contributed by atoms with Crippen LogP contribution in [0.1, 0.15) is 87.1 Å². The Balaban J connectivity index is 1.41. The van der Waals surface area contributed by atoms with E-state index in [1.807, 2.05) is 60.4 Å². The average Bonchev–Trinajstić information content (AvgIpc) is 4.07. The van der Waals surface area contributed by atoms with Gasteiger partial charge in [0, 0.05) is 62.9 Å². The van der Waals surface area contributed by atoms with Crippen molar-refractivity contribution >= 4 is 22.4 Å². The van der Waals surface area contributed by atoms with Gasteiger partial charge in [0.2, 0.25) is 5.79 Å². The molecular formula is C47H61N3O7. The van der Waals surface area contributed by atoms with Gasteiger partial charge < -0.3 is 34.2 Å². The molecule has 306 valence electrons. The maximum atomic E-state index is 15.1. The van der Waals surface area contributed by atoms with Gasteiger partial charge in [0.15, 0.2) is 0 Å². The molecule has 2 heterocycles. The van der Waals surface area contributed by atoms with Gasteiger partial charge in [0.05, 0.1) is 18.2 Å². The van der Waals surface area contributed by atoms with Gasteiger partial charge in [-0.15, -0.1) is 6.58 Å². The molecule has 2 aliphatic carbocycles. The molecule has 4 aliphatic rings. The van der Waals surface area contributed by atoms with Crippen LogP contribution in [0.25, 0.3) is 10.8 Å². The Labute approximate surface area is 338 Å². The number of aliphatic hydroxyl groups is 2. The van der Waals surface area contributed by atoms with Crippen molar-refractivity contribution in [2.45, 2.75) is 83.0 Å². The molecule has 0 radical (unpaired) electrons. The SMILES string of the molecule is C=CCOC12Oc3ccc(OCCN4CC4)cc3C3C(CCCCO)C(CCCCO)C=C(C(=NOCC)CC1N(CCC)C(=O)c1ccc4ccccc4c1)C32. The van der Waals surface area contributed by atoms with Crippen molar-refractivity contribution in [2.75, 3.05) is 59.2 Å². The maximum absolute atomic E-state index is 15.1. The van der Waals surface area contributed by atoms with Crippen LogP contribution in [-0.2, 0) is 9.57 Å². The third-order valence-corrected chi connectivity index (χ3v) is 12.3. The van der Waals surface area contributed by atoms with Crippen molar-refractivity contribution in [3.63, 3.8) is 0 Å². The van der Waals surface area contributed by atoms with Gasteiger partial charge in [-0.3, -0.25) is 9.69 Å². The third kappa shape index (κ3) is 8.80. The fourth-order valence-corrected chi connectivity index (χ4v) is 9.60. The van der Waals surface area contributed by atoms with Crippen LogP contribution in [0.2, 0.25) is 0 Å². The first-order chi connectivity index (χ1) is 28.0. The highest BCUT2D eigenvalue weighted by atomic mass is 16.7. The first-order valence-corrected chi connectivity index (χ1v) is 21.3. The van der Waals surface area contributed by atoms with Crippen LogP contribution in [0.15, 0.2) is 90.1 Å². The van der Waals surface area contributed by atoms with Crippen molar-refractivity contribution in [2.24, 2.45) is 22.9 Å². The highest BCUT2D eigenvalue weighted by molar-refractivity contribution is 6.04. The van der Waals surface area contributed by atoms with Crippen LogP contribution in [-0.4, -0.2) is 103 Å². The highest BCUT2D eigenvalue weighted by Crippen LogP contribution is 2.62. The van der Waals surface area contributed by atoms with E-state index in [2.05, 4.69) is 36.6 Å². The number of hydrogen-bond donors (Lipinski definition) is 2. The van der Waals surface area contributed by atoms with Gasteiger partial charge in [-0.05, 0) is 97.5 Å². The second-order valence-electron chi connectivity index (χ2n) is 15.9. The second kappa shape index (κ2) is 19.0. The number of aliphatic hydroxyl groups excluding tert-OH is 2. The lowest BCUT2D eigenvalue weighted by Crippen LogP contribution is -2.70. The number of oxime groups is 1. The molecule has 7 rings (SSSR count). The van der Waals surface area contributed by atoms with E-state index in [0.717, 1.165) is 97.3 Å². The Morgan fingerprint density at radius 3 is 2.54 bits per heavy atom. The zero-order valence-corrected chi connectivity index (χ0v) is 33.8. The van der Waals surface area contributed by atoms with E-state index >= 15 is 4.79 Å². The number of nitrogens with zero attached hydrogens (tertiary/aromatic N) is 3. The predicted octanol–water partition coefficient (Wildman–Crippen LogP) is 7.74. The van der Waals surface area contributed by atoms with Crippen molar-refractivity contribution in [1.29, 1.82) is 0 Å². The molecule has 3 aromatic carbocycles. The molecule has 1 saturated heterocycles. The van der Waals surface area contributed by atoms with Gasteiger partial charge in [-0.25, -0.2) is 0 Å². The summed E-state index contributed by atoms with van der Waals surface area (Å²) in [6.45, 7) is 13.2. The van der Waals surface area contributed by atoms with Gasteiger partial charge in [0.1, 0.15) is 30.8 Å². The van der Waals surface area contributed by atoms with E-state index in [9.17, 15) is 10.2 Å². The topological polar surface area (TPSA) is 113 Å². The zero-order chi connectivity index (χ0) is 39.8. The van der Waals surface area contributed by atoms with Gasteiger partial charge in [-0.1, -0.05) is 67.4 Å². The lowest BCUT2D eigenvalue weighted by atomic mass is 9.55. The van der Waals surface area contributed by atoms with Crippen molar-refractivity contribution in [3.8, 4) is 11.5 Å². The molecule has 3 aromatic rings. The lowest BCUT2D eigenvalue weighted by molar-refractivity contribution is -0.254. The van der Waals surface area contributed by atoms with E-state index in [1.165, 1.54) is 0 Å². The van der Waals surface area contributed by atoms with E-state index in [-0.39, 0.29) is 49.4 Å². The Kier molecular flexibility index (Phi) is 13.7. The number of benzene rings is 3. The molecule has 6 unspecified atom stereocenters. The number of carbonyl (C=O) groups is 1. The fourth-order valence-electron chi connectivity index (χ4n) is 9.60. The Hall–Kier alpha value is -4.22. The molecule has 10 heteroatoms. The van der Waals surface area contributed by atoms with E-state index in [0.29, 0.717) is 38.2 Å². The zero-order valence-electron chi connectivity index (χ0n) is 33.8. The summed E-state index contributed by atoms with van der Waals surface area (Å²) < 4.78 is 20.9. The summed E-state index contributed by atoms with van der Waals surface area (Å²) in [5.74, 6) is 0.00765. The number of carbonyl (C=O) groups excluding carboxylic acids is 1. The minimum Gasteiger partial charge on any atom is -0.492 e. The molecule has 10 nitrogen and oxygen atoms in total. The minimum atomic E-state index is -1.29. The van der Waals surface area contributed by atoms with Crippen LogP contribution in [0.3, 0.4) is 0 Å². The number of rotatable bonds is 21. The number of hydrogen-bond acceptors (Lipinski definition) is 9. The normalized spacial score (nSPS) is 25.6. The summed E-state index contributed by atoms with van der Waals surface area (Å²) in [5.41, 5.74) is 3.51. The number of ether oxygens (including phenoxy) is 3. The molecule has 0 spiro atoms. The highest BCUT2D eigenvalue weighted by Gasteiger charge is 2.65. The number of fused-ring (bicyclic) bond motifs is 3. The van der Waals surface area contributed by atoms with Gasteiger partial charge in [-0.2, -0.15) is 0 Å². The second-order valence-corrected chi connectivity index (χ2v) is 15.9. The minimum absolute atomic E-state index is 0.0874. The van der Waals surface area contributed by atoms with Crippen LogP contribution in [0.5, 0.6) is 11.5 Å². The monoisotopic (exact) mass is 779 g/mol. The molecule has 2 N–H and O–H groups in total. The first kappa shape index (κ1) is 41.0. The van der Waals surface area contributed by atoms with E-state index in [4.69, 9.17) is 24.2 Å². The van der Waals surface area contributed by atoms with E-state index in [1.54, 1.807) is 6.08 Å². The first-order valence-electron chi connectivity index (χ1n) is 21.3. The smallest absolute Gasteiger partial charge is 0.254 e. The Morgan fingerprint density at radius 1 is 1.02 bits per heavy atom. The quantitative estimate of drug-likeness (QED) is 0.0489. The third-order valence-electron chi connectivity index (χ3n) is 12.3. The van der Waals surface area contributed by atoms with E-state index < -0.39 is 11.8 Å². The van der Waals surface area contributed by atoms with Crippen LogP contribution in [0.4, 0.5) is 0 Å². The number of allylic oxidation sites excluding steroid dienone is 1. The molecule has 0 bridgehead atoms. The molecular weight excluding hydrogens is 719 g/mol. The van der Waals surface area contributed by atoms with Crippen molar-refractivity contribution in [1.82, 2.24) is 9.80 Å². The molecule has 0 aromatic heterocycles. The van der Waals surface area contributed by atoms with Crippen molar-refractivity contribution < 1.29 is 34.1 Å². The number of unbranched alkanes of at least 4 members (excludes halogenated alkanes) is 2. The summed E-state index contributed by atoms with van der Waals surface area (Å²) in [4.78, 5) is 25.3. The Morgan fingerprint density at radius 2 is 1.81 bits per heavy atom. The number of amides is 1. The molecule has 1 amide bonds. The summed E-state index contributed by atoms with van der Waals surface area (Å²) in [5, 5.41) is 26.7. The van der Waals surface area contributed by atoms with Gasteiger partial charge in [0.25, 0.3) is 5.91 Å². The summed E-state index contributed by atoms with van der Waals surface area (Å²) >= 11 is 0. The molecule has 1 saturated carbocycles. The molecule has 57 heavy (non-hydrogen) atoms. The lowest BCUT2D eigenvalue weighted by Gasteiger charge is -2.60. The summed E-state index contributed by atoms with van der Waals surface area (Å²) in [7, 11) is 0. The van der Waals surface area contributed by atoms with Crippen LogP contribution >= 0.6 is 0 Å². The molecule has 2 fully saturated rings. The summed E-state index contributed by atoms with van der Waals surface area (Å²) in [6, 6.07) is 19.6. The van der Waals surface area contributed by atoms with Crippen LogP contribution in [0, 0.1) is 17.8 Å². The van der Waals surface area contributed by atoms with Crippen LogP contribution < -0.4 is 9.47 Å². The summed E-state index contributed by atoms with van der Waals surface area (Å²) in [6.07, 6.45) is 10.2. The van der Waals surface area contributed by atoms with Gasteiger partial charge >= 0.3 is 0 Å². The average molecular weight is 780 g/mol. The largest absolute Gasteiger partial charge is 0.492 e. The molecule has 6 atom stereocenters. The predicted molar refractivity (Wildman–Crippen MR) is 224 cm³/mol. The van der Waals surface area contributed by atoms with Crippen molar-refractivity contribution in [3.05, 3.63) is 96.1 Å². The Bertz CT molecular complexity index is 1910. The standard InChI is InChI=1S/C47H61N3O7/c1-4-21-50(46(53)36-18-17-33-13-7-8-14-34(33)29-36)43-32-41(48-56-6-3)39-30-35(15-9-11-25-51)38(16-10-12-26-52)44-40-31-37(54-28-24-49-22-23-49)19-20-42(40)57-47(43,45(39)44)55-27-5-2/h5,7-8,13-14,17-20,29-31,35,38,43-45,51-52H,2,4,6,9-12,15-16,21-28,32H2,1,3H3. The fraction of sp³-hybridized carbons (Fsp3) is 0.532. The molecule has 2 aliphatic heterocycles.